The summed E-state index contributed by atoms with van der Waals surface area (Å²) >= 11 is 0. The number of nitrogens with zero attached hydrogens (tertiary/aromatic N) is 1. The SMILES string of the molecule is CCN(CC)C(=O)CCCCCC(C)(C)C. The number of hydrogen-bond acceptors (Lipinski definition) is 1. The molecule has 96 valence electrons. The van der Waals surface area contributed by atoms with E-state index in [1.165, 1.54) is 19.3 Å². The van der Waals surface area contributed by atoms with E-state index in [0.717, 1.165) is 25.9 Å². The van der Waals surface area contributed by atoms with Gasteiger partial charge in [0.1, 0.15) is 0 Å². The van der Waals surface area contributed by atoms with Gasteiger partial charge in [0.15, 0.2) is 0 Å². The van der Waals surface area contributed by atoms with Crippen LogP contribution in [-0.2, 0) is 4.79 Å². The molecule has 0 radical (unpaired) electrons. The maximum atomic E-state index is 11.7. The van der Waals surface area contributed by atoms with E-state index in [-0.39, 0.29) is 0 Å². The summed E-state index contributed by atoms with van der Waals surface area (Å²) in [5, 5.41) is 0. The van der Waals surface area contributed by atoms with Crippen molar-refractivity contribution in [2.45, 2.75) is 66.7 Å². The highest BCUT2D eigenvalue weighted by atomic mass is 16.2. The normalized spacial score (nSPS) is 11.6. The lowest BCUT2D eigenvalue weighted by Crippen LogP contribution is -2.30. The van der Waals surface area contributed by atoms with Crippen molar-refractivity contribution in [2.75, 3.05) is 13.1 Å². The molecule has 0 spiro atoms. The maximum Gasteiger partial charge on any atom is 0.222 e. The van der Waals surface area contributed by atoms with Crippen LogP contribution in [0, 0.1) is 5.41 Å². The molecule has 1 amide bonds. The molecule has 0 aliphatic rings. The summed E-state index contributed by atoms with van der Waals surface area (Å²) in [5.41, 5.74) is 0.433. The molecular formula is C14H29NO. The summed E-state index contributed by atoms with van der Waals surface area (Å²) in [5.74, 6) is 0.320. The molecule has 0 N–H and O–H groups in total. The summed E-state index contributed by atoms with van der Waals surface area (Å²) in [6, 6.07) is 0. The van der Waals surface area contributed by atoms with Crippen LogP contribution in [-0.4, -0.2) is 23.9 Å². The average Bonchev–Trinajstić information content (AvgIpc) is 2.17. The third-order valence-corrected chi connectivity index (χ3v) is 2.93. The topological polar surface area (TPSA) is 20.3 Å². The van der Waals surface area contributed by atoms with E-state index in [9.17, 15) is 4.79 Å². The van der Waals surface area contributed by atoms with E-state index in [2.05, 4.69) is 20.8 Å². The van der Waals surface area contributed by atoms with Crippen molar-refractivity contribution in [1.82, 2.24) is 4.90 Å². The lowest BCUT2D eigenvalue weighted by molar-refractivity contribution is -0.130. The highest BCUT2D eigenvalue weighted by Gasteiger charge is 2.11. The van der Waals surface area contributed by atoms with Gasteiger partial charge in [-0.25, -0.2) is 0 Å². The Morgan fingerprint density at radius 1 is 1.00 bits per heavy atom. The summed E-state index contributed by atoms with van der Waals surface area (Å²) in [7, 11) is 0. The Kier molecular flexibility index (Phi) is 7.44. The van der Waals surface area contributed by atoms with Crippen LogP contribution in [0.2, 0.25) is 0 Å². The first kappa shape index (κ1) is 15.5. The first-order valence-electron chi connectivity index (χ1n) is 6.68. The summed E-state index contributed by atoms with van der Waals surface area (Å²) in [6.07, 6.45) is 5.46. The first-order valence-corrected chi connectivity index (χ1v) is 6.68. The standard InChI is InChI=1S/C14H29NO/c1-6-15(7-2)13(16)11-9-8-10-12-14(3,4)5/h6-12H2,1-5H3. The molecule has 0 saturated heterocycles. The largest absolute Gasteiger partial charge is 0.343 e. The van der Waals surface area contributed by atoms with Crippen LogP contribution in [0.5, 0.6) is 0 Å². The molecule has 0 aromatic carbocycles. The van der Waals surface area contributed by atoms with Gasteiger partial charge in [0.2, 0.25) is 5.91 Å². The van der Waals surface area contributed by atoms with Gasteiger partial charge in [0, 0.05) is 19.5 Å². The third kappa shape index (κ3) is 7.72. The van der Waals surface area contributed by atoms with Gasteiger partial charge in [-0.05, 0) is 32.1 Å². The van der Waals surface area contributed by atoms with Gasteiger partial charge < -0.3 is 4.90 Å². The molecule has 16 heavy (non-hydrogen) atoms. The van der Waals surface area contributed by atoms with E-state index >= 15 is 0 Å². The molecule has 2 heteroatoms. The zero-order chi connectivity index (χ0) is 12.6. The van der Waals surface area contributed by atoms with Gasteiger partial charge in [0.25, 0.3) is 0 Å². The van der Waals surface area contributed by atoms with Gasteiger partial charge in [0.05, 0.1) is 0 Å². The lowest BCUT2D eigenvalue weighted by Gasteiger charge is -2.19. The predicted octanol–water partition coefficient (Wildman–Crippen LogP) is 3.85. The zero-order valence-corrected chi connectivity index (χ0v) is 11.8. The molecule has 0 aromatic rings. The van der Waals surface area contributed by atoms with E-state index in [0.29, 0.717) is 11.3 Å². The molecule has 0 heterocycles. The minimum atomic E-state index is 0.320. The minimum Gasteiger partial charge on any atom is -0.343 e. The fourth-order valence-electron chi connectivity index (χ4n) is 1.84. The van der Waals surface area contributed by atoms with Crippen molar-refractivity contribution in [3.8, 4) is 0 Å². The molecule has 0 aromatic heterocycles. The van der Waals surface area contributed by atoms with Crippen LogP contribution >= 0.6 is 0 Å². The Hall–Kier alpha value is -0.530. The average molecular weight is 227 g/mol. The van der Waals surface area contributed by atoms with Gasteiger partial charge in [-0.15, -0.1) is 0 Å². The number of carbonyl (C=O) groups excluding carboxylic acids is 1. The number of carbonyl (C=O) groups is 1. The van der Waals surface area contributed by atoms with Crippen molar-refractivity contribution in [1.29, 1.82) is 0 Å². The highest BCUT2D eigenvalue weighted by molar-refractivity contribution is 5.75. The van der Waals surface area contributed by atoms with Crippen LogP contribution in [0.3, 0.4) is 0 Å². The summed E-state index contributed by atoms with van der Waals surface area (Å²) < 4.78 is 0. The van der Waals surface area contributed by atoms with Gasteiger partial charge >= 0.3 is 0 Å². The Morgan fingerprint density at radius 2 is 1.56 bits per heavy atom. The van der Waals surface area contributed by atoms with E-state index in [1.54, 1.807) is 0 Å². The monoisotopic (exact) mass is 227 g/mol. The lowest BCUT2D eigenvalue weighted by atomic mass is 9.89. The fraction of sp³-hybridized carbons (Fsp3) is 0.929. The second-order valence-corrected chi connectivity index (χ2v) is 5.69. The highest BCUT2D eigenvalue weighted by Crippen LogP contribution is 2.22. The molecular weight excluding hydrogens is 198 g/mol. The maximum absolute atomic E-state index is 11.7. The van der Waals surface area contributed by atoms with Gasteiger partial charge in [-0.2, -0.15) is 0 Å². The molecule has 0 atom stereocenters. The van der Waals surface area contributed by atoms with Crippen molar-refractivity contribution in [3.05, 3.63) is 0 Å². The van der Waals surface area contributed by atoms with Gasteiger partial charge in [-0.1, -0.05) is 33.6 Å². The summed E-state index contributed by atoms with van der Waals surface area (Å²) in [6.45, 7) is 12.6. The van der Waals surface area contributed by atoms with Crippen molar-refractivity contribution in [2.24, 2.45) is 5.41 Å². The van der Waals surface area contributed by atoms with Crippen LogP contribution in [0.25, 0.3) is 0 Å². The van der Waals surface area contributed by atoms with E-state index in [1.807, 2.05) is 18.7 Å². The Morgan fingerprint density at radius 3 is 2.00 bits per heavy atom. The number of rotatable bonds is 7. The predicted molar refractivity (Wildman–Crippen MR) is 70.5 cm³/mol. The quantitative estimate of drug-likeness (QED) is 0.605. The van der Waals surface area contributed by atoms with Crippen LogP contribution in [0.1, 0.15) is 66.7 Å². The van der Waals surface area contributed by atoms with Crippen molar-refractivity contribution >= 4 is 5.91 Å². The zero-order valence-electron chi connectivity index (χ0n) is 11.8. The smallest absolute Gasteiger partial charge is 0.222 e. The van der Waals surface area contributed by atoms with Gasteiger partial charge in [-0.3, -0.25) is 4.79 Å². The molecule has 0 aliphatic carbocycles. The summed E-state index contributed by atoms with van der Waals surface area (Å²) in [4.78, 5) is 13.6. The Bertz CT molecular complexity index is 189. The number of unbranched alkanes of at least 4 members (excludes halogenated alkanes) is 2. The van der Waals surface area contributed by atoms with Crippen molar-refractivity contribution < 1.29 is 4.79 Å². The second kappa shape index (κ2) is 7.70. The fourth-order valence-corrected chi connectivity index (χ4v) is 1.84. The first-order chi connectivity index (χ1) is 7.40. The minimum absolute atomic E-state index is 0.320. The molecule has 0 unspecified atom stereocenters. The molecule has 0 saturated carbocycles. The molecule has 0 bridgehead atoms. The molecule has 0 fully saturated rings. The van der Waals surface area contributed by atoms with Crippen LogP contribution in [0.15, 0.2) is 0 Å². The molecule has 2 nitrogen and oxygen atoms in total. The number of hydrogen-bond donors (Lipinski definition) is 0. The second-order valence-electron chi connectivity index (χ2n) is 5.69. The van der Waals surface area contributed by atoms with Crippen LogP contribution < -0.4 is 0 Å². The van der Waals surface area contributed by atoms with Crippen molar-refractivity contribution in [3.63, 3.8) is 0 Å². The van der Waals surface area contributed by atoms with E-state index < -0.39 is 0 Å². The molecule has 0 rings (SSSR count). The Labute approximate surface area is 101 Å². The number of amides is 1. The molecule has 0 aliphatic heterocycles. The van der Waals surface area contributed by atoms with Crippen LogP contribution in [0.4, 0.5) is 0 Å². The van der Waals surface area contributed by atoms with E-state index in [4.69, 9.17) is 0 Å². The Balaban J connectivity index is 3.55. The third-order valence-electron chi connectivity index (χ3n) is 2.93.